The smallest absolute Gasteiger partial charge is 0.0387 e. The van der Waals surface area contributed by atoms with Gasteiger partial charge in [-0.05, 0) is 68.7 Å². The molecule has 0 aromatic heterocycles. The van der Waals surface area contributed by atoms with Crippen LogP contribution in [0.15, 0.2) is 89.4 Å². The van der Waals surface area contributed by atoms with Crippen LogP contribution in [-0.2, 0) is 0 Å². The lowest BCUT2D eigenvalue weighted by molar-refractivity contribution is 0.216. The molecule has 150 valence electrons. The molecule has 3 heteroatoms. The van der Waals surface area contributed by atoms with Gasteiger partial charge in [0.05, 0.1) is 0 Å². The summed E-state index contributed by atoms with van der Waals surface area (Å²) in [7, 11) is 4.10. The van der Waals surface area contributed by atoms with Crippen molar-refractivity contribution in [3.8, 4) is 0 Å². The average Bonchev–Trinajstić information content (AvgIpc) is 3.20. The molecule has 0 aliphatic heterocycles. The van der Waals surface area contributed by atoms with Gasteiger partial charge in [-0.2, -0.15) is 0 Å². The fraction of sp³-hybridized carbons (Fsp3) is 0.308. The van der Waals surface area contributed by atoms with Gasteiger partial charge in [-0.25, -0.2) is 0 Å². The van der Waals surface area contributed by atoms with Crippen molar-refractivity contribution in [1.82, 2.24) is 4.90 Å². The molecule has 1 aliphatic rings. The van der Waals surface area contributed by atoms with E-state index in [1.54, 1.807) is 0 Å². The Morgan fingerprint density at radius 1 is 0.793 bits per heavy atom. The maximum absolute atomic E-state index is 3.84. The monoisotopic (exact) mass is 465 g/mol. The molecular weight excluding hydrogens is 437 g/mol. The standard InChI is InChI=1S/C26H29BrNP/c1-28(2)26(22-16-9-10-18-24(22)27)23-17-11-19-25(23)29(20-12-5-3-6-13-20)21-14-7-4-8-15-21/h3-10,12-16,18,23,25-26H,11,17,19H2,1-2H3/t23?,25?,26-/m0/s1. The van der Waals surface area contributed by atoms with Gasteiger partial charge >= 0.3 is 0 Å². The number of nitrogens with zero attached hydrogens (tertiary/aromatic N) is 1. The summed E-state index contributed by atoms with van der Waals surface area (Å²) in [5.41, 5.74) is 2.11. The van der Waals surface area contributed by atoms with Gasteiger partial charge in [-0.1, -0.05) is 101 Å². The highest BCUT2D eigenvalue weighted by Crippen LogP contribution is 2.54. The molecule has 1 saturated carbocycles. The van der Waals surface area contributed by atoms with Gasteiger partial charge in [0.2, 0.25) is 0 Å². The quantitative estimate of drug-likeness (QED) is 0.383. The van der Waals surface area contributed by atoms with Gasteiger partial charge < -0.3 is 4.90 Å². The number of hydrogen-bond donors (Lipinski definition) is 0. The first-order chi connectivity index (χ1) is 14.2. The molecule has 3 atom stereocenters. The van der Waals surface area contributed by atoms with Crippen molar-refractivity contribution in [3.05, 3.63) is 95.0 Å². The molecule has 1 nitrogen and oxygen atoms in total. The van der Waals surface area contributed by atoms with Crippen molar-refractivity contribution < 1.29 is 0 Å². The summed E-state index contributed by atoms with van der Waals surface area (Å²) in [6.45, 7) is 0. The molecule has 0 bridgehead atoms. The predicted molar refractivity (Wildman–Crippen MR) is 131 cm³/mol. The van der Waals surface area contributed by atoms with E-state index < -0.39 is 7.92 Å². The normalized spacial score (nSPS) is 20.3. The van der Waals surface area contributed by atoms with Crippen LogP contribution in [0.5, 0.6) is 0 Å². The van der Waals surface area contributed by atoms with Crippen molar-refractivity contribution in [2.45, 2.75) is 31.0 Å². The molecule has 0 spiro atoms. The van der Waals surface area contributed by atoms with E-state index in [1.165, 1.54) is 39.9 Å². The van der Waals surface area contributed by atoms with Crippen LogP contribution < -0.4 is 10.6 Å². The summed E-state index contributed by atoms with van der Waals surface area (Å²) in [4.78, 5) is 2.44. The van der Waals surface area contributed by atoms with Crippen LogP contribution in [-0.4, -0.2) is 24.7 Å². The third-order valence-electron chi connectivity index (χ3n) is 6.12. The Bertz CT molecular complexity index is 873. The molecule has 3 aromatic carbocycles. The summed E-state index contributed by atoms with van der Waals surface area (Å²) >= 11 is 3.84. The van der Waals surface area contributed by atoms with Crippen LogP contribution in [0.25, 0.3) is 0 Å². The van der Waals surface area contributed by atoms with E-state index >= 15 is 0 Å². The summed E-state index contributed by atoms with van der Waals surface area (Å²) in [5, 5.41) is 3.02. The van der Waals surface area contributed by atoms with Crippen molar-refractivity contribution >= 4 is 34.5 Å². The van der Waals surface area contributed by atoms with Crippen molar-refractivity contribution in [2.24, 2.45) is 5.92 Å². The minimum atomic E-state index is -0.391. The third kappa shape index (κ3) is 4.50. The van der Waals surface area contributed by atoms with E-state index in [2.05, 4.69) is 120 Å². The van der Waals surface area contributed by atoms with Crippen LogP contribution in [0.4, 0.5) is 0 Å². The highest BCUT2D eigenvalue weighted by atomic mass is 79.9. The second-order valence-electron chi connectivity index (χ2n) is 8.13. The number of hydrogen-bond acceptors (Lipinski definition) is 1. The summed E-state index contributed by atoms with van der Waals surface area (Å²) < 4.78 is 1.23. The third-order valence-corrected chi connectivity index (χ3v) is 9.85. The van der Waals surface area contributed by atoms with Gasteiger partial charge in [0.15, 0.2) is 0 Å². The molecule has 1 fully saturated rings. The SMILES string of the molecule is CN(C)[C@@H](c1ccccc1Br)C1CCCC1P(c1ccccc1)c1ccccc1. The molecule has 3 aromatic rings. The van der Waals surface area contributed by atoms with Crippen molar-refractivity contribution in [1.29, 1.82) is 0 Å². The van der Waals surface area contributed by atoms with Crippen LogP contribution >= 0.6 is 23.9 Å². The lowest BCUT2D eigenvalue weighted by Crippen LogP contribution is -2.34. The van der Waals surface area contributed by atoms with E-state index in [1.807, 2.05) is 0 Å². The molecule has 0 amide bonds. The lowest BCUT2D eigenvalue weighted by Gasteiger charge is -2.38. The van der Waals surface area contributed by atoms with Crippen LogP contribution in [0.3, 0.4) is 0 Å². The Morgan fingerprint density at radius 2 is 1.34 bits per heavy atom. The average molecular weight is 466 g/mol. The molecule has 0 radical (unpaired) electrons. The lowest BCUT2D eigenvalue weighted by atomic mass is 9.90. The first kappa shape index (κ1) is 20.8. The molecule has 0 N–H and O–H groups in total. The second kappa shape index (κ2) is 9.56. The molecular formula is C26H29BrNP. The van der Waals surface area contributed by atoms with Gasteiger partial charge in [0.25, 0.3) is 0 Å². The Kier molecular flexibility index (Phi) is 6.85. The Labute approximate surface area is 185 Å². The van der Waals surface area contributed by atoms with E-state index in [0.29, 0.717) is 17.6 Å². The van der Waals surface area contributed by atoms with Crippen LogP contribution in [0.2, 0.25) is 0 Å². The largest absolute Gasteiger partial charge is 0.302 e. The van der Waals surface area contributed by atoms with Crippen molar-refractivity contribution in [2.75, 3.05) is 14.1 Å². The highest BCUT2D eigenvalue weighted by Gasteiger charge is 2.41. The fourth-order valence-corrected chi connectivity index (χ4v) is 8.68. The first-order valence-corrected chi connectivity index (χ1v) is 12.7. The molecule has 4 rings (SSSR count). The molecule has 1 aliphatic carbocycles. The van der Waals surface area contributed by atoms with E-state index in [9.17, 15) is 0 Å². The zero-order valence-corrected chi connectivity index (χ0v) is 19.7. The fourth-order valence-electron chi connectivity index (χ4n) is 4.97. The summed E-state index contributed by atoms with van der Waals surface area (Å²) in [6, 6.07) is 31.7. The highest BCUT2D eigenvalue weighted by molar-refractivity contribution is 9.10. The van der Waals surface area contributed by atoms with E-state index in [0.717, 1.165) is 0 Å². The Morgan fingerprint density at radius 3 is 1.90 bits per heavy atom. The zero-order chi connectivity index (χ0) is 20.2. The second-order valence-corrected chi connectivity index (χ2v) is 11.4. The van der Waals surface area contributed by atoms with Gasteiger partial charge in [-0.15, -0.1) is 0 Å². The number of rotatable bonds is 6. The zero-order valence-electron chi connectivity index (χ0n) is 17.2. The minimum Gasteiger partial charge on any atom is -0.302 e. The van der Waals surface area contributed by atoms with E-state index in [-0.39, 0.29) is 0 Å². The molecule has 0 heterocycles. The topological polar surface area (TPSA) is 3.24 Å². The van der Waals surface area contributed by atoms with Crippen LogP contribution in [0.1, 0.15) is 30.9 Å². The molecule has 0 saturated heterocycles. The maximum Gasteiger partial charge on any atom is 0.0387 e. The summed E-state index contributed by atoms with van der Waals surface area (Å²) in [6.07, 6.45) is 3.94. The summed E-state index contributed by atoms with van der Waals surface area (Å²) in [5.74, 6) is 0.648. The Hall–Kier alpha value is -1.47. The number of benzene rings is 3. The minimum absolute atomic E-state index is 0.391. The van der Waals surface area contributed by atoms with E-state index in [4.69, 9.17) is 0 Å². The maximum atomic E-state index is 3.84. The molecule has 2 unspecified atom stereocenters. The first-order valence-electron chi connectivity index (χ1n) is 10.5. The number of halogens is 1. The van der Waals surface area contributed by atoms with Crippen molar-refractivity contribution in [3.63, 3.8) is 0 Å². The Balaban J connectivity index is 1.77. The van der Waals surface area contributed by atoms with Gasteiger partial charge in [0, 0.05) is 10.5 Å². The van der Waals surface area contributed by atoms with Gasteiger partial charge in [-0.3, -0.25) is 0 Å². The predicted octanol–water partition coefficient (Wildman–Crippen LogP) is 6.35. The molecule has 29 heavy (non-hydrogen) atoms. The van der Waals surface area contributed by atoms with Crippen LogP contribution in [0, 0.1) is 5.92 Å². The van der Waals surface area contributed by atoms with Gasteiger partial charge in [0.1, 0.15) is 0 Å².